The zero-order valence-corrected chi connectivity index (χ0v) is 10.1. The molecule has 2 aliphatic rings. The van der Waals surface area contributed by atoms with Gasteiger partial charge in [-0.15, -0.1) is 0 Å². The number of carbonyl (C=O) groups excluding carboxylic acids is 1. The summed E-state index contributed by atoms with van der Waals surface area (Å²) < 4.78 is 0. The second-order valence-corrected chi connectivity index (χ2v) is 5.67. The van der Waals surface area contributed by atoms with Crippen molar-refractivity contribution in [2.45, 2.75) is 45.6 Å². The van der Waals surface area contributed by atoms with E-state index in [1.54, 1.807) is 0 Å². The number of carbonyl (C=O) groups is 1. The molecule has 1 N–H and O–H groups in total. The average Bonchev–Trinajstić information content (AvgIpc) is 2.96. The minimum absolute atomic E-state index is 0.0351. The molecule has 0 spiro atoms. The highest BCUT2D eigenvalue weighted by atomic mass is 16.2. The van der Waals surface area contributed by atoms with Crippen LogP contribution in [-0.4, -0.2) is 36.0 Å². The predicted molar refractivity (Wildman–Crippen MR) is 60.6 cm³/mol. The van der Waals surface area contributed by atoms with Gasteiger partial charge in [0.25, 0.3) is 0 Å². The normalized spacial score (nSPS) is 27.5. The number of nitrogens with zero attached hydrogens (tertiary/aromatic N) is 1. The molecule has 0 aromatic carbocycles. The number of hydrogen-bond donors (Lipinski definition) is 1. The summed E-state index contributed by atoms with van der Waals surface area (Å²) in [4.78, 5) is 14.4. The molecule has 2 fully saturated rings. The second-order valence-electron chi connectivity index (χ2n) is 5.67. The van der Waals surface area contributed by atoms with Crippen molar-refractivity contribution in [2.75, 3.05) is 19.6 Å². The Morgan fingerprint density at radius 2 is 2.07 bits per heavy atom. The molecule has 2 rings (SSSR count). The number of rotatable bonds is 2. The van der Waals surface area contributed by atoms with Gasteiger partial charge in [0.2, 0.25) is 5.91 Å². The number of hydrogen-bond acceptors (Lipinski definition) is 2. The summed E-state index contributed by atoms with van der Waals surface area (Å²) in [5, 5.41) is 3.44. The Morgan fingerprint density at radius 1 is 1.40 bits per heavy atom. The predicted octanol–water partition coefficient (Wildman–Crippen LogP) is 1.39. The average molecular weight is 210 g/mol. The second kappa shape index (κ2) is 3.48. The van der Waals surface area contributed by atoms with Crippen LogP contribution in [0.25, 0.3) is 0 Å². The molecule has 0 bridgehead atoms. The molecule has 15 heavy (non-hydrogen) atoms. The van der Waals surface area contributed by atoms with Crippen LogP contribution in [0.1, 0.15) is 40.0 Å². The van der Waals surface area contributed by atoms with Gasteiger partial charge in [0.15, 0.2) is 0 Å². The smallest absolute Gasteiger partial charge is 0.228 e. The van der Waals surface area contributed by atoms with E-state index in [1.165, 1.54) is 0 Å². The monoisotopic (exact) mass is 210 g/mol. The van der Waals surface area contributed by atoms with E-state index < -0.39 is 0 Å². The van der Waals surface area contributed by atoms with E-state index in [0.29, 0.717) is 5.91 Å². The Kier molecular flexibility index (Phi) is 2.53. The molecule has 3 nitrogen and oxygen atoms in total. The van der Waals surface area contributed by atoms with E-state index >= 15 is 0 Å². The molecule has 1 saturated heterocycles. The summed E-state index contributed by atoms with van der Waals surface area (Å²) in [6.07, 6.45) is 3.22. The van der Waals surface area contributed by atoms with Gasteiger partial charge in [0, 0.05) is 30.6 Å². The van der Waals surface area contributed by atoms with Gasteiger partial charge >= 0.3 is 0 Å². The number of amides is 1. The summed E-state index contributed by atoms with van der Waals surface area (Å²) in [6.45, 7) is 9.13. The first-order valence-electron chi connectivity index (χ1n) is 6.04. The summed E-state index contributed by atoms with van der Waals surface area (Å²) in [5.74, 6) is 0.402. The largest absolute Gasteiger partial charge is 0.339 e. The van der Waals surface area contributed by atoms with Crippen LogP contribution in [0, 0.1) is 5.41 Å². The van der Waals surface area contributed by atoms with E-state index in [0.717, 1.165) is 38.9 Å². The first kappa shape index (κ1) is 10.9. The zero-order valence-electron chi connectivity index (χ0n) is 10.1. The van der Waals surface area contributed by atoms with E-state index in [4.69, 9.17) is 0 Å². The van der Waals surface area contributed by atoms with Crippen LogP contribution in [0.5, 0.6) is 0 Å². The minimum atomic E-state index is 0.0351. The molecular formula is C12H22N2O. The first-order chi connectivity index (χ1) is 6.99. The van der Waals surface area contributed by atoms with Gasteiger partial charge < -0.3 is 10.2 Å². The highest BCUT2D eigenvalue weighted by molar-refractivity contribution is 5.85. The Labute approximate surface area is 92.2 Å². The molecule has 1 amide bonds. The van der Waals surface area contributed by atoms with Gasteiger partial charge in [-0.1, -0.05) is 6.92 Å². The topological polar surface area (TPSA) is 32.3 Å². The standard InChI is InChI=1S/C12H22N2O/c1-4-12(5-6-12)10(15)14-8-7-13-11(2,3)9-14/h13H,4-9H2,1-3H3. The fourth-order valence-electron chi connectivity index (χ4n) is 2.52. The summed E-state index contributed by atoms with van der Waals surface area (Å²) >= 11 is 0. The van der Waals surface area contributed by atoms with Crippen molar-refractivity contribution < 1.29 is 4.79 Å². The molecular weight excluding hydrogens is 188 g/mol. The minimum Gasteiger partial charge on any atom is -0.339 e. The van der Waals surface area contributed by atoms with Crippen LogP contribution < -0.4 is 5.32 Å². The van der Waals surface area contributed by atoms with Gasteiger partial charge in [-0.05, 0) is 33.1 Å². The lowest BCUT2D eigenvalue weighted by Gasteiger charge is -2.40. The van der Waals surface area contributed by atoms with E-state index in [2.05, 4.69) is 31.0 Å². The molecule has 86 valence electrons. The maximum Gasteiger partial charge on any atom is 0.228 e. The van der Waals surface area contributed by atoms with Gasteiger partial charge in [-0.2, -0.15) is 0 Å². The van der Waals surface area contributed by atoms with Crippen molar-refractivity contribution >= 4 is 5.91 Å². The first-order valence-corrected chi connectivity index (χ1v) is 6.04. The number of nitrogens with one attached hydrogen (secondary N) is 1. The van der Waals surface area contributed by atoms with Gasteiger partial charge in [0.1, 0.15) is 0 Å². The Balaban J connectivity index is 2.02. The van der Waals surface area contributed by atoms with E-state index in [-0.39, 0.29) is 11.0 Å². The fraction of sp³-hybridized carbons (Fsp3) is 0.917. The van der Waals surface area contributed by atoms with Crippen molar-refractivity contribution in [1.29, 1.82) is 0 Å². The molecule has 0 atom stereocenters. The Morgan fingerprint density at radius 3 is 2.53 bits per heavy atom. The van der Waals surface area contributed by atoms with Crippen LogP contribution >= 0.6 is 0 Å². The maximum absolute atomic E-state index is 12.3. The molecule has 1 aliphatic heterocycles. The highest BCUT2D eigenvalue weighted by Crippen LogP contribution is 2.50. The van der Waals surface area contributed by atoms with Crippen molar-refractivity contribution in [3.05, 3.63) is 0 Å². The van der Waals surface area contributed by atoms with E-state index in [1.807, 2.05) is 0 Å². The summed E-state index contributed by atoms with van der Waals surface area (Å²) in [6, 6.07) is 0. The molecule has 1 aliphatic carbocycles. The van der Waals surface area contributed by atoms with Crippen molar-refractivity contribution in [2.24, 2.45) is 5.41 Å². The lowest BCUT2D eigenvalue weighted by atomic mass is 9.97. The molecule has 0 radical (unpaired) electrons. The molecule has 1 saturated carbocycles. The number of piperazine rings is 1. The molecule has 0 unspecified atom stereocenters. The molecule has 1 heterocycles. The van der Waals surface area contributed by atoms with Crippen molar-refractivity contribution in [1.82, 2.24) is 10.2 Å². The van der Waals surface area contributed by atoms with Crippen LogP contribution in [0.4, 0.5) is 0 Å². The third-order valence-electron chi connectivity index (χ3n) is 3.84. The molecule has 0 aromatic rings. The van der Waals surface area contributed by atoms with Crippen LogP contribution in [-0.2, 0) is 4.79 Å². The van der Waals surface area contributed by atoms with Gasteiger partial charge in [0.05, 0.1) is 0 Å². The SMILES string of the molecule is CCC1(C(=O)N2CCNC(C)(C)C2)CC1. The fourth-order valence-corrected chi connectivity index (χ4v) is 2.52. The van der Waals surface area contributed by atoms with Gasteiger partial charge in [-0.25, -0.2) is 0 Å². The van der Waals surface area contributed by atoms with E-state index in [9.17, 15) is 4.79 Å². The summed E-state index contributed by atoms with van der Waals surface area (Å²) in [5.41, 5.74) is 0.116. The Hall–Kier alpha value is -0.570. The van der Waals surface area contributed by atoms with Crippen LogP contribution in [0.2, 0.25) is 0 Å². The Bertz CT molecular complexity index is 269. The third-order valence-corrected chi connectivity index (χ3v) is 3.84. The van der Waals surface area contributed by atoms with Crippen LogP contribution in [0.15, 0.2) is 0 Å². The summed E-state index contributed by atoms with van der Waals surface area (Å²) in [7, 11) is 0. The van der Waals surface area contributed by atoms with Crippen molar-refractivity contribution in [3.63, 3.8) is 0 Å². The molecule has 3 heteroatoms. The zero-order chi connectivity index (χ0) is 11.1. The molecule has 0 aromatic heterocycles. The van der Waals surface area contributed by atoms with Gasteiger partial charge in [-0.3, -0.25) is 4.79 Å². The highest BCUT2D eigenvalue weighted by Gasteiger charge is 2.50. The van der Waals surface area contributed by atoms with Crippen molar-refractivity contribution in [3.8, 4) is 0 Å². The lowest BCUT2D eigenvalue weighted by Crippen LogP contribution is -2.59. The van der Waals surface area contributed by atoms with Crippen LogP contribution in [0.3, 0.4) is 0 Å². The quantitative estimate of drug-likeness (QED) is 0.747. The third kappa shape index (κ3) is 2.03. The maximum atomic E-state index is 12.3. The lowest BCUT2D eigenvalue weighted by molar-refractivity contribution is -0.139.